The first kappa shape index (κ1) is 14.1. The molecule has 112 valence electrons. The zero-order chi connectivity index (χ0) is 14.8. The molecule has 3 N–H and O–H groups in total. The first-order valence-corrected chi connectivity index (χ1v) is 7.49. The Morgan fingerprint density at radius 1 is 1.24 bits per heavy atom. The van der Waals surface area contributed by atoms with Crippen LogP contribution in [0.25, 0.3) is 0 Å². The standard InChI is InChI=1S/C16H20N2O3/c19-15(18-14-4-3-12(8-14)16(20)21)11-2-1-10-5-6-17-9-13(10)7-11/h1-2,7,12,14,17H,3-6,8-9H2,(H,18,19)(H,20,21). The molecule has 0 radical (unpaired) electrons. The summed E-state index contributed by atoms with van der Waals surface area (Å²) in [5.41, 5.74) is 3.15. The zero-order valence-electron chi connectivity index (χ0n) is 11.9. The van der Waals surface area contributed by atoms with Gasteiger partial charge in [-0.2, -0.15) is 0 Å². The monoisotopic (exact) mass is 288 g/mol. The number of rotatable bonds is 3. The van der Waals surface area contributed by atoms with Crippen LogP contribution < -0.4 is 10.6 Å². The number of benzene rings is 1. The minimum absolute atomic E-state index is 0.0206. The van der Waals surface area contributed by atoms with Gasteiger partial charge in [-0.3, -0.25) is 9.59 Å². The van der Waals surface area contributed by atoms with Gasteiger partial charge >= 0.3 is 5.97 Å². The molecule has 1 aliphatic carbocycles. The molecule has 2 atom stereocenters. The van der Waals surface area contributed by atoms with Crippen LogP contribution in [0.4, 0.5) is 0 Å². The van der Waals surface area contributed by atoms with Crippen molar-refractivity contribution in [2.75, 3.05) is 6.54 Å². The fraction of sp³-hybridized carbons (Fsp3) is 0.500. The molecule has 2 unspecified atom stereocenters. The third kappa shape index (κ3) is 3.08. The molecular formula is C16H20N2O3. The number of carboxylic acid groups (broad SMARTS) is 1. The van der Waals surface area contributed by atoms with Gasteiger partial charge in [0.1, 0.15) is 0 Å². The van der Waals surface area contributed by atoms with Gasteiger partial charge in [0.05, 0.1) is 5.92 Å². The van der Waals surface area contributed by atoms with Crippen LogP contribution in [-0.4, -0.2) is 29.6 Å². The third-order valence-electron chi connectivity index (χ3n) is 4.47. The van der Waals surface area contributed by atoms with Crippen molar-refractivity contribution < 1.29 is 14.7 Å². The van der Waals surface area contributed by atoms with Crippen molar-refractivity contribution in [2.45, 2.75) is 38.3 Å². The molecule has 1 saturated carbocycles. The van der Waals surface area contributed by atoms with Crippen LogP contribution >= 0.6 is 0 Å². The van der Waals surface area contributed by atoms with E-state index in [1.165, 1.54) is 11.1 Å². The quantitative estimate of drug-likeness (QED) is 0.784. The van der Waals surface area contributed by atoms with Crippen LogP contribution in [0, 0.1) is 5.92 Å². The van der Waals surface area contributed by atoms with Crippen molar-refractivity contribution in [1.82, 2.24) is 10.6 Å². The van der Waals surface area contributed by atoms with Crippen LogP contribution in [-0.2, 0) is 17.8 Å². The van der Waals surface area contributed by atoms with Gasteiger partial charge in [0.15, 0.2) is 0 Å². The van der Waals surface area contributed by atoms with E-state index in [9.17, 15) is 9.59 Å². The van der Waals surface area contributed by atoms with Gasteiger partial charge in [-0.25, -0.2) is 0 Å². The molecule has 1 fully saturated rings. The molecular weight excluding hydrogens is 268 g/mol. The lowest BCUT2D eigenvalue weighted by molar-refractivity contribution is -0.141. The zero-order valence-corrected chi connectivity index (χ0v) is 11.9. The van der Waals surface area contributed by atoms with Crippen LogP contribution in [0.5, 0.6) is 0 Å². The van der Waals surface area contributed by atoms with Gasteiger partial charge in [-0.15, -0.1) is 0 Å². The maximum atomic E-state index is 12.3. The SMILES string of the molecule is O=C(NC1CCC(C(=O)O)C1)c1ccc2c(c1)CNCC2. The fourth-order valence-electron chi connectivity index (χ4n) is 3.23. The second-order valence-electron chi connectivity index (χ2n) is 5.93. The third-order valence-corrected chi connectivity index (χ3v) is 4.47. The number of carbonyl (C=O) groups excluding carboxylic acids is 1. The molecule has 5 heteroatoms. The number of carbonyl (C=O) groups is 2. The maximum Gasteiger partial charge on any atom is 0.306 e. The fourth-order valence-corrected chi connectivity index (χ4v) is 3.23. The molecule has 0 saturated heterocycles. The summed E-state index contributed by atoms with van der Waals surface area (Å²) in [7, 11) is 0. The van der Waals surface area contributed by atoms with Crippen LogP contribution in [0.1, 0.15) is 40.7 Å². The summed E-state index contributed by atoms with van der Waals surface area (Å²) in [4.78, 5) is 23.2. The number of aliphatic carboxylic acids is 1. The number of hydrogen-bond donors (Lipinski definition) is 3. The Balaban J connectivity index is 1.65. The Morgan fingerprint density at radius 2 is 2.10 bits per heavy atom. The molecule has 1 aromatic carbocycles. The highest BCUT2D eigenvalue weighted by atomic mass is 16.4. The Kier molecular flexibility index (Phi) is 3.92. The summed E-state index contributed by atoms with van der Waals surface area (Å²) in [6.07, 6.45) is 2.93. The van der Waals surface area contributed by atoms with E-state index in [0.29, 0.717) is 18.4 Å². The summed E-state index contributed by atoms with van der Waals surface area (Å²) in [5.74, 6) is -1.17. The Bertz CT molecular complexity index is 571. The summed E-state index contributed by atoms with van der Waals surface area (Å²) in [5, 5.41) is 15.3. The van der Waals surface area contributed by atoms with Crippen molar-refractivity contribution in [3.05, 3.63) is 34.9 Å². The summed E-state index contributed by atoms with van der Waals surface area (Å²) < 4.78 is 0. The molecule has 0 spiro atoms. The van der Waals surface area contributed by atoms with Gasteiger partial charge < -0.3 is 15.7 Å². The highest BCUT2D eigenvalue weighted by Gasteiger charge is 2.30. The van der Waals surface area contributed by atoms with Crippen molar-refractivity contribution >= 4 is 11.9 Å². The van der Waals surface area contributed by atoms with E-state index in [2.05, 4.69) is 10.6 Å². The average Bonchev–Trinajstić information content (AvgIpc) is 2.95. The minimum atomic E-state index is -0.758. The van der Waals surface area contributed by atoms with Crippen molar-refractivity contribution in [2.24, 2.45) is 5.92 Å². The predicted octanol–water partition coefficient (Wildman–Crippen LogP) is 1.32. The summed E-state index contributed by atoms with van der Waals surface area (Å²) in [6, 6.07) is 5.82. The first-order chi connectivity index (χ1) is 10.1. The van der Waals surface area contributed by atoms with E-state index in [0.717, 1.165) is 25.9 Å². The molecule has 3 rings (SSSR count). The molecule has 1 heterocycles. The van der Waals surface area contributed by atoms with Gasteiger partial charge in [0, 0.05) is 18.2 Å². The summed E-state index contributed by atoms with van der Waals surface area (Å²) in [6.45, 7) is 1.79. The van der Waals surface area contributed by atoms with Crippen LogP contribution in [0.15, 0.2) is 18.2 Å². The number of nitrogens with one attached hydrogen (secondary N) is 2. The van der Waals surface area contributed by atoms with Gasteiger partial charge in [-0.05, 0) is 55.5 Å². The Hall–Kier alpha value is -1.88. The topological polar surface area (TPSA) is 78.4 Å². The van der Waals surface area contributed by atoms with E-state index in [1.807, 2.05) is 18.2 Å². The smallest absolute Gasteiger partial charge is 0.306 e. The molecule has 0 bridgehead atoms. The normalized spacial score (nSPS) is 24.4. The van der Waals surface area contributed by atoms with Gasteiger partial charge in [0.2, 0.25) is 0 Å². The molecule has 1 aliphatic heterocycles. The summed E-state index contributed by atoms with van der Waals surface area (Å²) >= 11 is 0. The minimum Gasteiger partial charge on any atom is -0.481 e. The largest absolute Gasteiger partial charge is 0.481 e. The Labute approximate surface area is 123 Å². The molecule has 1 amide bonds. The first-order valence-electron chi connectivity index (χ1n) is 7.49. The number of fused-ring (bicyclic) bond motifs is 1. The van der Waals surface area contributed by atoms with Gasteiger partial charge in [0.25, 0.3) is 5.91 Å². The molecule has 2 aliphatic rings. The van der Waals surface area contributed by atoms with Crippen molar-refractivity contribution in [1.29, 1.82) is 0 Å². The highest BCUT2D eigenvalue weighted by Crippen LogP contribution is 2.26. The van der Waals surface area contributed by atoms with E-state index in [4.69, 9.17) is 5.11 Å². The lowest BCUT2D eigenvalue weighted by atomic mass is 9.98. The molecule has 0 aromatic heterocycles. The predicted molar refractivity (Wildman–Crippen MR) is 78.1 cm³/mol. The number of hydrogen-bond acceptors (Lipinski definition) is 3. The van der Waals surface area contributed by atoms with E-state index >= 15 is 0 Å². The second kappa shape index (κ2) is 5.85. The van der Waals surface area contributed by atoms with E-state index in [-0.39, 0.29) is 17.9 Å². The molecule has 21 heavy (non-hydrogen) atoms. The van der Waals surface area contributed by atoms with Crippen molar-refractivity contribution in [3.63, 3.8) is 0 Å². The van der Waals surface area contributed by atoms with Crippen LogP contribution in [0.2, 0.25) is 0 Å². The van der Waals surface area contributed by atoms with E-state index < -0.39 is 5.97 Å². The van der Waals surface area contributed by atoms with E-state index in [1.54, 1.807) is 0 Å². The maximum absolute atomic E-state index is 12.3. The second-order valence-corrected chi connectivity index (χ2v) is 5.93. The van der Waals surface area contributed by atoms with Crippen molar-refractivity contribution in [3.8, 4) is 0 Å². The average molecular weight is 288 g/mol. The number of amides is 1. The molecule has 5 nitrogen and oxygen atoms in total. The van der Waals surface area contributed by atoms with Gasteiger partial charge in [-0.1, -0.05) is 6.07 Å². The lowest BCUT2D eigenvalue weighted by Gasteiger charge is -2.18. The van der Waals surface area contributed by atoms with Crippen LogP contribution in [0.3, 0.4) is 0 Å². The lowest BCUT2D eigenvalue weighted by Crippen LogP contribution is -2.33. The molecule has 1 aromatic rings. The number of carboxylic acids is 1. The Morgan fingerprint density at radius 3 is 2.86 bits per heavy atom. The highest BCUT2D eigenvalue weighted by molar-refractivity contribution is 5.94.